The highest BCUT2D eigenvalue weighted by molar-refractivity contribution is 5.91. The van der Waals surface area contributed by atoms with Crippen molar-refractivity contribution >= 4 is 17.3 Å². The predicted molar refractivity (Wildman–Crippen MR) is 94.8 cm³/mol. The molecule has 2 rings (SSSR count). The van der Waals surface area contributed by atoms with Crippen LogP contribution in [0, 0.1) is 38.0 Å². The summed E-state index contributed by atoms with van der Waals surface area (Å²) in [5.74, 6) is -0.266. The fourth-order valence-corrected chi connectivity index (χ4v) is 3.29. The zero-order valence-corrected chi connectivity index (χ0v) is 15.0. The summed E-state index contributed by atoms with van der Waals surface area (Å²) < 4.78 is 5.62. The van der Waals surface area contributed by atoms with Gasteiger partial charge in [-0.3, -0.25) is 20.2 Å². The lowest BCUT2D eigenvalue weighted by atomic mass is 9.73. The molecule has 8 heteroatoms. The first kappa shape index (κ1) is 19.6. The van der Waals surface area contributed by atoms with Crippen LogP contribution in [0.5, 0.6) is 0 Å². The number of nitro benzene ring substituents is 2. The smallest absolute Gasteiger partial charge is 0.339 e. The zero-order valence-electron chi connectivity index (χ0n) is 15.0. The van der Waals surface area contributed by atoms with Crippen LogP contribution < -0.4 is 0 Å². The number of hydrogen-bond donors (Lipinski definition) is 0. The van der Waals surface area contributed by atoms with Crippen LogP contribution in [0.15, 0.2) is 30.4 Å². The molecule has 3 atom stereocenters. The summed E-state index contributed by atoms with van der Waals surface area (Å²) in [4.78, 5) is 33.0. The summed E-state index contributed by atoms with van der Waals surface area (Å²) in [6.07, 6.45) is 1.33. The van der Waals surface area contributed by atoms with Gasteiger partial charge in [0, 0.05) is 18.1 Å². The van der Waals surface area contributed by atoms with E-state index in [1.165, 1.54) is 0 Å². The van der Waals surface area contributed by atoms with Gasteiger partial charge in [0.25, 0.3) is 11.4 Å². The molecule has 0 N–H and O–H groups in total. The van der Waals surface area contributed by atoms with E-state index in [1.54, 1.807) is 0 Å². The first-order chi connectivity index (χ1) is 12.1. The molecule has 1 fully saturated rings. The Bertz CT molecular complexity index is 726. The molecule has 26 heavy (non-hydrogen) atoms. The van der Waals surface area contributed by atoms with E-state index in [0.717, 1.165) is 36.6 Å². The SMILES string of the molecule is C=C1[C@H](C)CC[C@@H](C(C)C)[C@@H]1OC(=O)c1cc([N+](=O)[O-])cc([N+](=O)[O-])c1. The Morgan fingerprint density at radius 1 is 1.15 bits per heavy atom. The second-order valence-electron chi connectivity index (χ2n) is 7.04. The van der Waals surface area contributed by atoms with Gasteiger partial charge in [-0.1, -0.05) is 27.4 Å². The fraction of sp³-hybridized carbons (Fsp3) is 0.500. The van der Waals surface area contributed by atoms with E-state index in [4.69, 9.17) is 4.74 Å². The number of rotatable bonds is 5. The highest BCUT2D eigenvalue weighted by Crippen LogP contribution is 2.38. The van der Waals surface area contributed by atoms with E-state index < -0.39 is 33.3 Å². The van der Waals surface area contributed by atoms with Crippen molar-refractivity contribution in [3.8, 4) is 0 Å². The minimum absolute atomic E-state index is 0.0938. The molecule has 1 aliphatic carbocycles. The maximum Gasteiger partial charge on any atom is 0.339 e. The molecule has 8 nitrogen and oxygen atoms in total. The molecular formula is C18H22N2O6. The van der Waals surface area contributed by atoms with Gasteiger partial charge in [-0.15, -0.1) is 0 Å². The van der Waals surface area contributed by atoms with E-state index in [0.29, 0.717) is 0 Å². The summed E-state index contributed by atoms with van der Waals surface area (Å²) in [6, 6.07) is 2.80. The number of hydrogen-bond acceptors (Lipinski definition) is 6. The average Bonchev–Trinajstić information content (AvgIpc) is 2.58. The number of esters is 1. The van der Waals surface area contributed by atoms with Gasteiger partial charge >= 0.3 is 5.97 Å². The van der Waals surface area contributed by atoms with Crippen LogP contribution in [0.4, 0.5) is 11.4 Å². The normalized spacial score (nSPS) is 22.9. The van der Waals surface area contributed by atoms with Crippen LogP contribution in [0.3, 0.4) is 0 Å². The highest BCUT2D eigenvalue weighted by Gasteiger charge is 2.36. The van der Waals surface area contributed by atoms with Gasteiger partial charge < -0.3 is 4.74 Å². The van der Waals surface area contributed by atoms with Crippen molar-refractivity contribution < 1.29 is 19.4 Å². The van der Waals surface area contributed by atoms with Crippen molar-refractivity contribution in [2.45, 2.75) is 39.7 Å². The third-order valence-electron chi connectivity index (χ3n) is 4.97. The summed E-state index contributed by atoms with van der Waals surface area (Å²) in [6.45, 7) is 10.1. The first-order valence-electron chi connectivity index (χ1n) is 8.45. The summed E-state index contributed by atoms with van der Waals surface area (Å²) in [5.41, 5.74) is -0.451. The van der Waals surface area contributed by atoms with Crippen molar-refractivity contribution in [3.05, 3.63) is 56.1 Å². The van der Waals surface area contributed by atoms with Crippen LogP contribution >= 0.6 is 0 Å². The third kappa shape index (κ3) is 4.07. The van der Waals surface area contributed by atoms with E-state index in [9.17, 15) is 25.0 Å². The molecule has 1 aromatic rings. The van der Waals surface area contributed by atoms with Crippen LogP contribution in [0.1, 0.15) is 44.0 Å². The molecule has 0 aromatic heterocycles. The fourth-order valence-electron chi connectivity index (χ4n) is 3.29. The number of benzene rings is 1. The minimum Gasteiger partial charge on any atom is -0.454 e. The Kier molecular flexibility index (Phi) is 5.74. The van der Waals surface area contributed by atoms with Crippen molar-refractivity contribution in [2.75, 3.05) is 0 Å². The van der Waals surface area contributed by atoms with Gasteiger partial charge in [-0.2, -0.15) is 0 Å². The molecule has 0 saturated heterocycles. The Labute approximate surface area is 151 Å². The Balaban J connectivity index is 2.34. The molecule has 0 heterocycles. The zero-order chi connectivity index (χ0) is 19.6. The van der Waals surface area contributed by atoms with E-state index in [2.05, 4.69) is 6.58 Å². The number of carbonyl (C=O) groups is 1. The number of nitrogens with zero attached hydrogens (tertiary/aromatic N) is 2. The molecule has 0 bridgehead atoms. The monoisotopic (exact) mass is 362 g/mol. The number of nitro groups is 2. The van der Waals surface area contributed by atoms with Crippen molar-refractivity contribution in [3.63, 3.8) is 0 Å². The van der Waals surface area contributed by atoms with Crippen LogP contribution in [0.2, 0.25) is 0 Å². The summed E-state index contributed by atoms with van der Waals surface area (Å²) >= 11 is 0. The number of carbonyl (C=O) groups excluding carboxylic acids is 1. The first-order valence-corrected chi connectivity index (χ1v) is 8.45. The van der Waals surface area contributed by atoms with Gasteiger partial charge in [0.1, 0.15) is 6.10 Å². The van der Waals surface area contributed by atoms with Crippen LogP contribution in [-0.4, -0.2) is 21.9 Å². The largest absolute Gasteiger partial charge is 0.454 e. The molecule has 0 unspecified atom stereocenters. The summed E-state index contributed by atoms with van der Waals surface area (Å²) in [7, 11) is 0. The molecule has 0 radical (unpaired) electrons. The quantitative estimate of drug-likeness (QED) is 0.334. The molecule has 0 spiro atoms. The highest BCUT2D eigenvalue weighted by atomic mass is 16.6. The molecular weight excluding hydrogens is 340 g/mol. The van der Waals surface area contributed by atoms with Gasteiger partial charge in [0.05, 0.1) is 21.5 Å². The van der Waals surface area contributed by atoms with Crippen molar-refractivity contribution in [1.29, 1.82) is 0 Å². The average molecular weight is 362 g/mol. The third-order valence-corrected chi connectivity index (χ3v) is 4.97. The maximum absolute atomic E-state index is 12.6. The Hall–Kier alpha value is -2.77. The molecule has 1 aliphatic rings. The number of ether oxygens (including phenoxy) is 1. The number of non-ortho nitro benzene ring substituents is 2. The predicted octanol–water partition coefficient (Wildman–Crippen LogP) is 4.29. The molecule has 1 saturated carbocycles. The Morgan fingerprint density at radius 3 is 2.15 bits per heavy atom. The minimum atomic E-state index is -0.817. The van der Waals surface area contributed by atoms with E-state index in [-0.39, 0.29) is 23.3 Å². The second kappa shape index (κ2) is 7.63. The van der Waals surface area contributed by atoms with Gasteiger partial charge in [0.2, 0.25) is 0 Å². The second-order valence-corrected chi connectivity index (χ2v) is 7.04. The van der Waals surface area contributed by atoms with Crippen molar-refractivity contribution in [2.24, 2.45) is 17.8 Å². The van der Waals surface area contributed by atoms with Crippen molar-refractivity contribution in [1.82, 2.24) is 0 Å². The lowest BCUT2D eigenvalue weighted by molar-refractivity contribution is -0.394. The van der Waals surface area contributed by atoms with Gasteiger partial charge in [-0.25, -0.2) is 4.79 Å². The van der Waals surface area contributed by atoms with Gasteiger partial charge in [0.15, 0.2) is 0 Å². The van der Waals surface area contributed by atoms with E-state index >= 15 is 0 Å². The van der Waals surface area contributed by atoms with Gasteiger partial charge in [-0.05, 0) is 30.3 Å². The molecule has 1 aromatic carbocycles. The molecule has 0 amide bonds. The molecule has 0 aliphatic heterocycles. The topological polar surface area (TPSA) is 113 Å². The van der Waals surface area contributed by atoms with E-state index in [1.807, 2.05) is 20.8 Å². The lowest BCUT2D eigenvalue weighted by Crippen LogP contribution is -2.37. The van der Waals surface area contributed by atoms with Crippen LogP contribution in [0.25, 0.3) is 0 Å². The lowest BCUT2D eigenvalue weighted by Gasteiger charge is -2.38. The summed E-state index contributed by atoms with van der Waals surface area (Å²) in [5, 5.41) is 22.0. The molecule has 140 valence electrons. The Morgan fingerprint density at radius 2 is 1.69 bits per heavy atom. The maximum atomic E-state index is 12.6. The standard InChI is InChI=1S/C18H22N2O6/c1-10(2)16-6-5-11(3)12(4)17(16)26-18(21)13-7-14(19(22)23)9-15(8-13)20(24)25/h7-11,16-17H,4-6H2,1-3H3/t11-,16+,17-/m1/s1. The van der Waals surface area contributed by atoms with Crippen LogP contribution in [-0.2, 0) is 4.74 Å².